The van der Waals surface area contributed by atoms with Crippen molar-refractivity contribution in [1.82, 2.24) is 0 Å². The Morgan fingerprint density at radius 3 is 2.06 bits per heavy atom. The van der Waals surface area contributed by atoms with Gasteiger partial charge in [-0.1, -0.05) is 26.0 Å². The van der Waals surface area contributed by atoms with Crippen molar-refractivity contribution >= 4 is 11.5 Å². The van der Waals surface area contributed by atoms with E-state index in [4.69, 9.17) is 24.7 Å². The molecule has 2 rings (SSSR count). The average Bonchev–Trinajstić information content (AvgIpc) is 2.77. The highest BCUT2D eigenvalue weighted by Gasteiger charge is 2.22. The molecule has 0 aromatic heterocycles. The van der Waals surface area contributed by atoms with Crippen LogP contribution in [0.2, 0.25) is 0 Å². The van der Waals surface area contributed by atoms with Crippen LogP contribution in [0.15, 0.2) is 42.5 Å². The largest absolute Gasteiger partial charge is 0.493 e. The summed E-state index contributed by atoms with van der Waals surface area (Å²) >= 11 is 0. The number of nitriles is 1. The first-order valence-corrected chi connectivity index (χ1v) is 9.92. The van der Waals surface area contributed by atoms with Gasteiger partial charge in [0.05, 0.1) is 26.9 Å². The lowest BCUT2D eigenvalue weighted by Gasteiger charge is -2.17. The number of carbonyl (C=O) groups is 1. The Morgan fingerprint density at radius 2 is 1.58 bits per heavy atom. The smallest absolute Gasteiger partial charge is 0.328 e. The van der Waals surface area contributed by atoms with Gasteiger partial charge in [0.2, 0.25) is 0 Å². The van der Waals surface area contributed by atoms with Crippen molar-refractivity contribution in [3.8, 4) is 29.1 Å². The Hall–Kier alpha value is -3.50. The second-order valence-electron chi connectivity index (χ2n) is 7.04. The Morgan fingerprint density at radius 1 is 1.03 bits per heavy atom. The Kier molecular flexibility index (Phi) is 8.47. The van der Waals surface area contributed by atoms with Crippen LogP contribution in [0, 0.1) is 17.2 Å². The van der Waals surface area contributed by atoms with Gasteiger partial charge in [0.25, 0.3) is 0 Å². The van der Waals surface area contributed by atoms with Crippen molar-refractivity contribution in [3.05, 3.63) is 53.6 Å². The first-order valence-electron chi connectivity index (χ1n) is 9.92. The van der Waals surface area contributed by atoms with Crippen molar-refractivity contribution in [1.29, 1.82) is 5.26 Å². The Labute approximate surface area is 183 Å². The van der Waals surface area contributed by atoms with E-state index in [0.717, 1.165) is 5.56 Å². The van der Waals surface area contributed by atoms with E-state index in [1.807, 2.05) is 26.8 Å². The fourth-order valence-electron chi connectivity index (χ4n) is 2.88. The van der Waals surface area contributed by atoms with Gasteiger partial charge >= 0.3 is 5.97 Å². The lowest BCUT2D eigenvalue weighted by atomic mass is 9.97. The number of benzene rings is 2. The molecule has 7 nitrogen and oxygen atoms in total. The quantitative estimate of drug-likeness (QED) is 0.369. The molecule has 2 aromatic carbocycles. The number of allylic oxidation sites excluding steroid dienone is 1. The summed E-state index contributed by atoms with van der Waals surface area (Å²) in [6.45, 7) is 6.03. The summed E-state index contributed by atoms with van der Waals surface area (Å²) in [4.78, 5) is 12.4. The van der Waals surface area contributed by atoms with E-state index in [1.54, 1.807) is 37.4 Å². The minimum Gasteiger partial charge on any atom is -0.493 e. The topological polar surface area (TPSA) is 104 Å². The number of carbonyl (C=O) groups excluding carboxylic acids is 1. The van der Waals surface area contributed by atoms with Gasteiger partial charge in [-0.2, -0.15) is 5.26 Å². The zero-order valence-corrected chi connectivity index (χ0v) is 18.5. The molecule has 0 heterocycles. The zero-order chi connectivity index (χ0) is 23.0. The molecule has 164 valence electrons. The number of methoxy groups -OCH3 is 2. The van der Waals surface area contributed by atoms with Gasteiger partial charge in [0.15, 0.2) is 23.0 Å². The van der Waals surface area contributed by atoms with Gasteiger partial charge < -0.3 is 24.7 Å². The number of nitrogens with two attached hydrogens (primary N) is 1. The minimum atomic E-state index is -0.766. The molecule has 0 unspecified atom stereocenters. The summed E-state index contributed by atoms with van der Waals surface area (Å²) in [5, 5.41) is 9.37. The van der Waals surface area contributed by atoms with E-state index in [2.05, 4.69) is 6.07 Å². The Balaban J connectivity index is 2.51. The zero-order valence-electron chi connectivity index (χ0n) is 18.5. The minimum absolute atomic E-state index is 0.0768. The molecule has 0 saturated carbocycles. The molecular weight excluding hydrogens is 396 g/mol. The van der Waals surface area contributed by atoms with Crippen LogP contribution in [0.4, 0.5) is 0 Å². The average molecular weight is 424 g/mol. The third-order valence-corrected chi connectivity index (χ3v) is 4.66. The summed E-state index contributed by atoms with van der Waals surface area (Å²) in [7, 11) is 3.05. The molecule has 7 heteroatoms. The van der Waals surface area contributed by atoms with Crippen LogP contribution in [-0.2, 0) is 4.79 Å². The first kappa shape index (κ1) is 23.8. The van der Waals surface area contributed by atoms with Crippen molar-refractivity contribution < 1.29 is 23.7 Å². The summed E-state index contributed by atoms with van der Waals surface area (Å²) < 4.78 is 21.8. The molecule has 1 atom stereocenters. The summed E-state index contributed by atoms with van der Waals surface area (Å²) in [5.74, 6) is 1.13. The van der Waals surface area contributed by atoms with Gasteiger partial charge in [-0.3, -0.25) is 0 Å². The van der Waals surface area contributed by atoms with Gasteiger partial charge in [0, 0.05) is 6.08 Å². The van der Waals surface area contributed by atoms with Gasteiger partial charge in [-0.05, 0) is 53.8 Å². The van der Waals surface area contributed by atoms with Crippen molar-refractivity contribution in [2.24, 2.45) is 11.7 Å². The number of esters is 1. The van der Waals surface area contributed by atoms with Crippen LogP contribution in [0.3, 0.4) is 0 Å². The number of rotatable bonds is 9. The number of nitrogens with zero attached hydrogens (tertiary/aromatic N) is 1. The van der Waals surface area contributed by atoms with Crippen molar-refractivity contribution in [2.75, 3.05) is 20.8 Å². The van der Waals surface area contributed by atoms with E-state index in [-0.39, 0.29) is 11.7 Å². The fourth-order valence-corrected chi connectivity index (χ4v) is 2.88. The molecule has 0 bridgehead atoms. The van der Waals surface area contributed by atoms with Crippen molar-refractivity contribution in [3.63, 3.8) is 0 Å². The molecule has 0 aliphatic rings. The monoisotopic (exact) mass is 424 g/mol. The Bertz CT molecular complexity index is 992. The predicted molar refractivity (Wildman–Crippen MR) is 118 cm³/mol. The lowest BCUT2D eigenvalue weighted by molar-refractivity contribution is -0.136. The highest BCUT2D eigenvalue weighted by molar-refractivity contribution is 5.84. The van der Waals surface area contributed by atoms with Crippen LogP contribution < -0.4 is 24.7 Å². The third kappa shape index (κ3) is 5.77. The van der Waals surface area contributed by atoms with E-state index in [0.29, 0.717) is 35.0 Å². The highest BCUT2D eigenvalue weighted by Crippen LogP contribution is 2.36. The van der Waals surface area contributed by atoms with Crippen LogP contribution in [0.1, 0.15) is 31.9 Å². The molecule has 0 radical (unpaired) electrons. The molecule has 0 saturated heterocycles. The molecule has 0 aliphatic heterocycles. The molecule has 0 aliphatic carbocycles. The van der Waals surface area contributed by atoms with E-state index in [1.165, 1.54) is 13.2 Å². The van der Waals surface area contributed by atoms with E-state index in [9.17, 15) is 10.1 Å². The van der Waals surface area contributed by atoms with Crippen LogP contribution >= 0.6 is 0 Å². The first-order chi connectivity index (χ1) is 14.9. The molecular formula is C24H28N2O5. The predicted octanol–water partition coefficient (Wildman–Crippen LogP) is 3.95. The van der Waals surface area contributed by atoms with Gasteiger partial charge in [-0.25, -0.2) is 4.79 Å². The lowest BCUT2D eigenvalue weighted by Crippen LogP contribution is -2.38. The summed E-state index contributed by atoms with van der Waals surface area (Å²) in [6, 6.07) is 11.8. The maximum atomic E-state index is 12.4. The molecule has 0 fully saturated rings. The fraction of sp³-hybridized carbons (Fsp3) is 0.333. The third-order valence-electron chi connectivity index (χ3n) is 4.66. The summed E-state index contributed by atoms with van der Waals surface area (Å²) in [6.07, 6.45) is 1.42. The van der Waals surface area contributed by atoms with E-state index < -0.39 is 12.0 Å². The standard InChI is InChI=1S/C24H28N2O5/c1-6-30-21-13-16(7-9-19(21)28-4)18(11-12-25)17-8-10-20(29-5)22(14-17)31-24(27)23(26)15(2)3/h7-11,13-15,23H,6,26H2,1-5H3/t23-/m0/s1. The molecule has 2 N–H and O–H groups in total. The summed E-state index contributed by atoms with van der Waals surface area (Å²) in [5.41, 5.74) is 7.94. The molecule has 2 aromatic rings. The van der Waals surface area contributed by atoms with Crippen LogP contribution in [0.5, 0.6) is 23.0 Å². The second kappa shape index (κ2) is 11.0. The normalized spacial score (nSPS) is 12.1. The number of hydrogen-bond acceptors (Lipinski definition) is 7. The molecule has 0 amide bonds. The molecule has 31 heavy (non-hydrogen) atoms. The SMILES string of the molecule is CCOc1cc(C(=CC#N)c2ccc(OC)c(OC(=O)[C@@H](N)C(C)C)c2)ccc1OC. The maximum absolute atomic E-state index is 12.4. The molecule has 0 spiro atoms. The van der Waals surface area contributed by atoms with Crippen LogP contribution in [0.25, 0.3) is 5.57 Å². The van der Waals surface area contributed by atoms with Gasteiger partial charge in [0.1, 0.15) is 6.04 Å². The van der Waals surface area contributed by atoms with Crippen LogP contribution in [-0.4, -0.2) is 32.8 Å². The van der Waals surface area contributed by atoms with Crippen molar-refractivity contribution in [2.45, 2.75) is 26.8 Å². The second-order valence-corrected chi connectivity index (χ2v) is 7.04. The number of ether oxygens (including phenoxy) is 4. The van der Waals surface area contributed by atoms with Gasteiger partial charge in [-0.15, -0.1) is 0 Å². The van der Waals surface area contributed by atoms with E-state index >= 15 is 0 Å². The maximum Gasteiger partial charge on any atom is 0.328 e. The number of hydrogen-bond donors (Lipinski definition) is 1. The highest BCUT2D eigenvalue weighted by atomic mass is 16.6.